The fourth-order valence-electron chi connectivity index (χ4n) is 1.69. The van der Waals surface area contributed by atoms with Crippen LogP contribution in [0, 0.1) is 5.41 Å². The van der Waals surface area contributed by atoms with E-state index in [0.29, 0.717) is 5.41 Å². The van der Waals surface area contributed by atoms with Crippen LogP contribution in [0.3, 0.4) is 0 Å². The molecular weight excluding hydrogens is 172 g/mol. The van der Waals surface area contributed by atoms with Gasteiger partial charge in [-0.05, 0) is 31.1 Å². The average Bonchev–Trinajstić information content (AvgIpc) is 2.16. The lowest BCUT2D eigenvalue weighted by molar-refractivity contribution is 0.00686. The lowest BCUT2D eigenvalue weighted by Crippen LogP contribution is -2.29. The van der Waals surface area contributed by atoms with Gasteiger partial charge in [0.15, 0.2) is 0 Å². The Balaban J connectivity index is 4.06. The van der Waals surface area contributed by atoms with Gasteiger partial charge in [-0.3, -0.25) is 0 Å². The van der Waals surface area contributed by atoms with Crippen molar-refractivity contribution in [1.29, 1.82) is 0 Å². The summed E-state index contributed by atoms with van der Waals surface area (Å²) in [6.45, 7) is 11.0. The minimum atomic E-state index is -0.402. The highest BCUT2D eigenvalue weighted by molar-refractivity contribution is 4.79. The normalized spacial score (nSPS) is 16.7. The molecule has 0 aliphatic carbocycles. The van der Waals surface area contributed by atoms with Gasteiger partial charge in [-0.25, -0.2) is 0 Å². The van der Waals surface area contributed by atoms with Crippen molar-refractivity contribution in [2.75, 3.05) is 0 Å². The minimum Gasteiger partial charge on any atom is -0.390 e. The molecule has 1 atom stereocenters. The second-order valence-corrected chi connectivity index (χ2v) is 5.35. The van der Waals surface area contributed by atoms with Crippen LogP contribution in [0.25, 0.3) is 0 Å². The van der Waals surface area contributed by atoms with Gasteiger partial charge in [-0.15, -0.1) is 0 Å². The predicted molar refractivity (Wildman–Crippen MR) is 63.5 cm³/mol. The molecule has 86 valence electrons. The fraction of sp³-hybridized carbons (Fsp3) is 1.00. The maximum Gasteiger partial charge on any atom is 0.0645 e. The van der Waals surface area contributed by atoms with E-state index in [9.17, 15) is 5.11 Å². The maximum absolute atomic E-state index is 10.3. The average molecular weight is 200 g/mol. The van der Waals surface area contributed by atoms with Crippen LogP contribution in [0.15, 0.2) is 0 Å². The molecule has 0 aromatic carbocycles. The van der Waals surface area contributed by atoms with E-state index in [1.165, 1.54) is 6.42 Å². The molecule has 1 heteroatoms. The summed E-state index contributed by atoms with van der Waals surface area (Å²) in [7, 11) is 0. The van der Waals surface area contributed by atoms with Crippen LogP contribution in [0.1, 0.15) is 73.1 Å². The van der Waals surface area contributed by atoms with Gasteiger partial charge in [0.2, 0.25) is 0 Å². The molecule has 0 aliphatic rings. The zero-order chi connectivity index (χ0) is 11.2. The van der Waals surface area contributed by atoms with E-state index in [1.54, 1.807) is 0 Å². The summed E-state index contributed by atoms with van der Waals surface area (Å²) in [5.41, 5.74) is -0.0158. The van der Waals surface area contributed by atoms with Crippen LogP contribution in [0.4, 0.5) is 0 Å². The maximum atomic E-state index is 10.3. The van der Waals surface area contributed by atoms with Crippen molar-refractivity contribution < 1.29 is 5.11 Å². The molecule has 0 fully saturated rings. The monoisotopic (exact) mass is 200 g/mol. The van der Waals surface area contributed by atoms with Crippen molar-refractivity contribution in [3.8, 4) is 0 Å². The molecule has 0 aliphatic heterocycles. The van der Waals surface area contributed by atoms with Gasteiger partial charge in [0, 0.05) is 0 Å². The Labute approximate surface area is 89.9 Å². The standard InChI is InChI=1S/C13H28O/c1-6-9-13(14,8-3)11-10-12(4,5)7-2/h14H,6-11H2,1-5H3. The highest BCUT2D eigenvalue weighted by Crippen LogP contribution is 2.32. The van der Waals surface area contributed by atoms with Crippen molar-refractivity contribution in [3.63, 3.8) is 0 Å². The van der Waals surface area contributed by atoms with E-state index in [0.717, 1.165) is 32.1 Å². The van der Waals surface area contributed by atoms with E-state index in [1.807, 2.05) is 0 Å². The molecule has 0 amide bonds. The molecule has 0 bridgehead atoms. The summed E-state index contributed by atoms with van der Waals surface area (Å²) in [5, 5.41) is 10.3. The summed E-state index contributed by atoms with van der Waals surface area (Å²) in [5.74, 6) is 0. The van der Waals surface area contributed by atoms with E-state index >= 15 is 0 Å². The number of hydrogen-bond acceptors (Lipinski definition) is 1. The molecule has 0 saturated carbocycles. The van der Waals surface area contributed by atoms with Gasteiger partial charge in [-0.2, -0.15) is 0 Å². The lowest BCUT2D eigenvalue weighted by Gasteiger charge is -2.31. The zero-order valence-corrected chi connectivity index (χ0v) is 10.7. The highest BCUT2D eigenvalue weighted by atomic mass is 16.3. The first-order valence-corrected chi connectivity index (χ1v) is 6.11. The summed E-state index contributed by atoms with van der Waals surface area (Å²) in [6.07, 6.45) is 6.20. The smallest absolute Gasteiger partial charge is 0.0645 e. The largest absolute Gasteiger partial charge is 0.390 e. The number of rotatable bonds is 7. The quantitative estimate of drug-likeness (QED) is 0.654. The van der Waals surface area contributed by atoms with Gasteiger partial charge < -0.3 is 5.11 Å². The van der Waals surface area contributed by atoms with E-state index in [2.05, 4.69) is 34.6 Å². The topological polar surface area (TPSA) is 20.2 Å². The molecule has 1 N–H and O–H groups in total. The summed E-state index contributed by atoms with van der Waals surface area (Å²) < 4.78 is 0. The van der Waals surface area contributed by atoms with Crippen molar-refractivity contribution >= 4 is 0 Å². The molecule has 0 aromatic rings. The minimum absolute atomic E-state index is 0.386. The molecule has 1 unspecified atom stereocenters. The molecule has 0 spiro atoms. The van der Waals surface area contributed by atoms with E-state index in [4.69, 9.17) is 0 Å². The second kappa shape index (κ2) is 5.75. The zero-order valence-electron chi connectivity index (χ0n) is 10.7. The third-order valence-electron chi connectivity index (χ3n) is 3.60. The first-order chi connectivity index (χ1) is 6.39. The molecule has 14 heavy (non-hydrogen) atoms. The predicted octanol–water partition coefficient (Wildman–Crippen LogP) is 4.14. The third kappa shape index (κ3) is 4.99. The van der Waals surface area contributed by atoms with E-state index in [-0.39, 0.29) is 0 Å². The lowest BCUT2D eigenvalue weighted by atomic mass is 9.79. The van der Waals surface area contributed by atoms with Crippen LogP contribution in [-0.4, -0.2) is 10.7 Å². The molecule has 1 nitrogen and oxygen atoms in total. The van der Waals surface area contributed by atoms with Gasteiger partial charge in [0.05, 0.1) is 5.60 Å². The van der Waals surface area contributed by atoms with Crippen molar-refractivity contribution in [2.45, 2.75) is 78.7 Å². The molecular formula is C13H28O. The highest BCUT2D eigenvalue weighted by Gasteiger charge is 2.26. The van der Waals surface area contributed by atoms with Crippen LogP contribution < -0.4 is 0 Å². The SMILES string of the molecule is CCCC(O)(CC)CCC(C)(C)CC. The fourth-order valence-corrected chi connectivity index (χ4v) is 1.69. The van der Waals surface area contributed by atoms with Gasteiger partial charge >= 0.3 is 0 Å². The Hall–Kier alpha value is -0.0400. The molecule has 0 radical (unpaired) electrons. The van der Waals surface area contributed by atoms with E-state index < -0.39 is 5.60 Å². The Bertz CT molecular complexity index is 151. The number of hydrogen-bond donors (Lipinski definition) is 1. The Morgan fingerprint density at radius 2 is 1.43 bits per heavy atom. The summed E-state index contributed by atoms with van der Waals surface area (Å²) >= 11 is 0. The summed E-state index contributed by atoms with van der Waals surface area (Å²) in [6, 6.07) is 0. The van der Waals surface area contributed by atoms with Crippen molar-refractivity contribution in [2.24, 2.45) is 5.41 Å². The second-order valence-electron chi connectivity index (χ2n) is 5.35. The van der Waals surface area contributed by atoms with Gasteiger partial charge in [-0.1, -0.05) is 47.5 Å². The summed E-state index contributed by atoms with van der Waals surface area (Å²) in [4.78, 5) is 0. The van der Waals surface area contributed by atoms with Crippen LogP contribution in [0.5, 0.6) is 0 Å². The van der Waals surface area contributed by atoms with Crippen LogP contribution >= 0.6 is 0 Å². The molecule has 0 rings (SSSR count). The molecule has 0 aromatic heterocycles. The Morgan fingerprint density at radius 1 is 0.857 bits per heavy atom. The third-order valence-corrected chi connectivity index (χ3v) is 3.60. The van der Waals surface area contributed by atoms with Gasteiger partial charge in [0.1, 0.15) is 0 Å². The Morgan fingerprint density at radius 3 is 1.79 bits per heavy atom. The molecule has 0 heterocycles. The van der Waals surface area contributed by atoms with Gasteiger partial charge in [0.25, 0.3) is 0 Å². The Kier molecular flexibility index (Phi) is 5.73. The van der Waals surface area contributed by atoms with Crippen molar-refractivity contribution in [1.82, 2.24) is 0 Å². The van der Waals surface area contributed by atoms with Crippen molar-refractivity contribution in [3.05, 3.63) is 0 Å². The van der Waals surface area contributed by atoms with Crippen LogP contribution in [0.2, 0.25) is 0 Å². The number of aliphatic hydroxyl groups is 1. The molecule has 0 saturated heterocycles. The first kappa shape index (κ1) is 14.0. The van der Waals surface area contributed by atoms with Crippen LogP contribution in [-0.2, 0) is 0 Å². The first-order valence-electron chi connectivity index (χ1n) is 6.11.